The molecule has 0 radical (unpaired) electrons. The van der Waals surface area contributed by atoms with Gasteiger partial charge in [0.1, 0.15) is 0 Å². The first-order chi connectivity index (χ1) is 8.89. The molecule has 2 heterocycles. The molecule has 0 amide bonds. The third-order valence-electron chi connectivity index (χ3n) is 4.21. The summed E-state index contributed by atoms with van der Waals surface area (Å²) in [7, 11) is -3.20. The Morgan fingerprint density at radius 1 is 1.37 bits per heavy atom. The molecule has 0 aromatic rings. The maximum atomic E-state index is 11.9. The van der Waals surface area contributed by atoms with E-state index in [-0.39, 0.29) is 17.4 Å². The second-order valence-electron chi connectivity index (χ2n) is 6.21. The topological polar surface area (TPSA) is 58.6 Å². The van der Waals surface area contributed by atoms with E-state index in [1.54, 1.807) is 0 Å². The van der Waals surface area contributed by atoms with Gasteiger partial charge in [-0.25, -0.2) is 13.1 Å². The molecule has 2 aliphatic heterocycles. The van der Waals surface area contributed by atoms with Crippen LogP contribution in [-0.2, 0) is 14.8 Å². The van der Waals surface area contributed by atoms with Gasteiger partial charge in [0.2, 0.25) is 10.0 Å². The van der Waals surface area contributed by atoms with Crippen molar-refractivity contribution in [3.63, 3.8) is 0 Å². The lowest BCUT2D eigenvalue weighted by Crippen LogP contribution is -2.43. The Hall–Kier alpha value is -0.170. The van der Waals surface area contributed by atoms with Crippen molar-refractivity contribution in [3.8, 4) is 0 Å². The van der Waals surface area contributed by atoms with Gasteiger partial charge in [-0.3, -0.25) is 4.90 Å². The molecule has 0 aromatic carbocycles. The number of nitrogens with one attached hydrogen (secondary N) is 1. The number of sulfonamides is 1. The summed E-state index contributed by atoms with van der Waals surface area (Å²) < 4.78 is 31.9. The summed E-state index contributed by atoms with van der Waals surface area (Å²) in [5.41, 5.74) is 0.208. The predicted octanol–water partition coefficient (Wildman–Crippen LogP) is 0.959. The lowest BCUT2D eigenvalue weighted by Gasteiger charge is -2.31. The van der Waals surface area contributed by atoms with Gasteiger partial charge in [-0.15, -0.1) is 0 Å². The van der Waals surface area contributed by atoms with Crippen LogP contribution < -0.4 is 4.72 Å². The average molecular weight is 290 g/mol. The van der Waals surface area contributed by atoms with Crippen molar-refractivity contribution >= 4 is 10.0 Å². The van der Waals surface area contributed by atoms with E-state index in [0.717, 1.165) is 25.9 Å². The van der Waals surface area contributed by atoms with Gasteiger partial charge < -0.3 is 4.74 Å². The van der Waals surface area contributed by atoms with Gasteiger partial charge in [0, 0.05) is 25.2 Å². The third kappa shape index (κ3) is 4.41. The highest BCUT2D eigenvalue weighted by molar-refractivity contribution is 7.89. The van der Waals surface area contributed by atoms with Crippen molar-refractivity contribution in [1.82, 2.24) is 9.62 Å². The second kappa shape index (κ2) is 6.08. The maximum Gasteiger partial charge on any atom is 0.214 e. The van der Waals surface area contributed by atoms with Gasteiger partial charge >= 0.3 is 0 Å². The zero-order valence-electron chi connectivity index (χ0n) is 12.0. The normalized spacial score (nSPS) is 28.0. The van der Waals surface area contributed by atoms with E-state index < -0.39 is 10.0 Å². The van der Waals surface area contributed by atoms with Gasteiger partial charge in [0.15, 0.2) is 0 Å². The highest BCUT2D eigenvalue weighted by Gasteiger charge is 2.31. The molecule has 2 saturated heterocycles. The monoisotopic (exact) mass is 290 g/mol. The Kier molecular flexibility index (Phi) is 4.87. The minimum absolute atomic E-state index is 0.108. The summed E-state index contributed by atoms with van der Waals surface area (Å²) in [5, 5.41) is 0. The first kappa shape index (κ1) is 15.2. The Balaban J connectivity index is 1.72. The summed E-state index contributed by atoms with van der Waals surface area (Å²) in [6.07, 6.45) is 4.12. The molecule has 112 valence electrons. The second-order valence-corrected chi connectivity index (χ2v) is 8.07. The lowest BCUT2D eigenvalue weighted by atomic mass is 10.0. The van der Waals surface area contributed by atoms with Crippen LogP contribution in [0.3, 0.4) is 0 Å². The minimum Gasteiger partial charge on any atom is -0.377 e. The van der Waals surface area contributed by atoms with Crippen LogP contribution in [0.1, 0.15) is 39.5 Å². The third-order valence-corrected chi connectivity index (χ3v) is 5.66. The van der Waals surface area contributed by atoms with E-state index >= 15 is 0 Å². The molecule has 1 N–H and O–H groups in total. The Labute approximate surface area is 116 Å². The molecule has 5 nitrogen and oxygen atoms in total. The van der Waals surface area contributed by atoms with Crippen LogP contribution in [0.25, 0.3) is 0 Å². The molecule has 19 heavy (non-hydrogen) atoms. The van der Waals surface area contributed by atoms with E-state index in [1.807, 2.05) is 0 Å². The molecule has 0 bridgehead atoms. The van der Waals surface area contributed by atoms with E-state index in [4.69, 9.17) is 4.74 Å². The van der Waals surface area contributed by atoms with E-state index in [2.05, 4.69) is 23.5 Å². The van der Waals surface area contributed by atoms with E-state index in [1.165, 1.54) is 12.8 Å². The first-order valence-electron chi connectivity index (χ1n) is 7.23. The summed E-state index contributed by atoms with van der Waals surface area (Å²) in [6, 6.07) is 0. The zero-order chi connectivity index (χ0) is 13.9. The summed E-state index contributed by atoms with van der Waals surface area (Å²) in [4.78, 5) is 2.36. The van der Waals surface area contributed by atoms with Crippen LogP contribution in [0.5, 0.6) is 0 Å². The average Bonchev–Trinajstić information content (AvgIpc) is 2.88. The Morgan fingerprint density at radius 3 is 2.74 bits per heavy atom. The highest BCUT2D eigenvalue weighted by Crippen LogP contribution is 2.27. The molecule has 1 unspecified atom stereocenters. The summed E-state index contributed by atoms with van der Waals surface area (Å²) >= 11 is 0. The van der Waals surface area contributed by atoms with Crippen LogP contribution in [0.2, 0.25) is 0 Å². The number of hydrogen-bond acceptors (Lipinski definition) is 4. The van der Waals surface area contributed by atoms with Crippen molar-refractivity contribution < 1.29 is 13.2 Å². The largest absolute Gasteiger partial charge is 0.377 e. The van der Waals surface area contributed by atoms with Gasteiger partial charge in [-0.05, 0) is 46.1 Å². The van der Waals surface area contributed by atoms with Gasteiger partial charge in [0.05, 0.1) is 11.9 Å². The molecule has 6 heteroatoms. The fraction of sp³-hybridized carbons (Fsp3) is 1.00. The highest BCUT2D eigenvalue weighted by atomic mass is 32.2. The maximum absolute atomic E-state index is 11.9. The van der Waals surface area contributed by atoms with Gasteiger partial charge in [-0.2, -0.15) is 0 Å². The van der Waals surface area contributed by atoms with Crippen molar-refractivity contribution in [1.29, 1.82) is 0 Å². The van der Waals surface area contributed by atoms with Crippen LogP contribution in [0.4, 0.5) is 0 Å². The zero-order valence-corrected chi connectivity index (χ0v) is 12.8. The predicted molar refractivity (Wildman–Crippen MR) is 75.6 cm³/mol. The number of nitrogens with zero attached hydrogens (tertiary/aromatic N) is 1. The standard InChI is InChI=1S/C13H26N2O3S/c1-13(2)6-4-8-15(13)9-7-14-19(16,17)11-12-5-3-10-18-12/h12,14H,3-11H2,1-2H3. The number of ether oxygens (including phenoxy) is 1. The molecule has 2 fully saturated rings. The van der Waals surface area contributed by atoms with Crippen LogP contribution >= 0.6 is 0 Å². The van der Waals surface area contributed by atoms with Crippen molar-refractivity contribution in [2.45, 2.75) is 51.2 Å². The van der Waals surface area contributed by atoms with Gasteiger partial charge in [-0.1, -0.05) is 0 Å². The van der Waals surface area contributed by atoms with E-state index in [9.17, 15) is 8.42 Å². The number of rotatable bonds is 6. The smallest absolute Gasteiger partial charge is 0.214 e. The molecule has 0 saturated carbocycles. The van der Waals surface area contributed by atoms with Crippen molar-refractivity contribution in [2.75, 3.05) is 32.0 Å². The lowest BCUT2D eigenvalue weighted by molar-refractivity contribution is 0.127. The quantitative estimate of drug-likeness (QED) is 0.791. The fourth-order valence-electron chi connectivity index (χ4n) is 2.99. The minimum atomic E-state index is -3.20. The summed E-state index contributed by atoms with van der Waals surface area (Å²) in [6.45, 7) is 7.50. The summed E-state index contributed by atoms with van der Waals surface area (Å²) in [5.74, 6) is 0.108. The van der Waals surface area contributed by atoms with Crippen LogP contribution in [-0.4, -0.2) is 57.0 Å². The molecule has 1 atom stereocenters. The first-order valence-corrected chi connectivity index (χ1v) is 8.88. The molecule has 0 aliphatic carbocycles. The number of likely N-dealkylation sites (tertiary alicyclic amines) is 1. The number of hydrogen-bond donors (Lipinski definition) is 1. The molecule has 0 spiro atoms. The van der Waals surface area contributed by atoms with Gasteiger partial charge in [0.25, 0.3) is 0 Å². The van der Waals surface area contributed by atoms with Crippen molar-refractivity contribution in [2.24, 2.45) is 0 Å². The fourth-order valence-corrected chi connectivity index (χ4v) is 4.27. The molecule has 2 aliphatic rings. The van der Waals surface area contributed by atoms with E-state index in [0.29, 0.717) is 13.2 Å². The van der Waals surface area contributed by atoms with Crippen LogP contribution in [0, 0.1) is 0 Å². The molecule has 2 rings (SSSR count). The molecular formula is C13H26N2O3S. The molecule has 0 aromatic heterocycles. The van der Waals surface area contributed by atoms with Crippen molar-refractivity contribution in [3.05, 3.63) is 0 Å². The Bertz CT molecular complexity index is 389. The van der Waals surface area contributed by atoms with Crippen LogP contribution in [0.15, 0.2) is 0 Å². The Morgan fingerprint density at radius 2 is 2.16 bits per heavy atom. The molecular weight excluding hydrogens is 264 g/mol. The SMILES string of the molecule is CC1(C)CCCN1CCNS(=O)(=O)CC1CCCO1.